The van der Waals surface area contributed by atoms with Gasteiger partial charge < -0.3 is 14.8 Å². The third-order valence-electron chi connectivity index (χ3n) is 2.56. The maximum atomic E-state index is 11.5. The van der Waals surface area contributed by atoms with Crippen molar-refractivity contribution in [1.29, 1.82) is 0 Å². The number of nitrogens with one attached hydrogen (secondary N) is 1. The number of carbonyl (C=O) groups excluding carboxylic acids is 1. The van der Waals surface area contributed by atoms with Crippen LogP contribution in [0.3, 0.4) is 0 Å². The van der Waals surface area contributed by atoms with Crippen LogP contribution in [0.25, 0.3) is 0 Å². The van der Waals surface area contributed by atoms with Crippen LogP contribution >= 0.6 is 0 Å². The molecule has 1 aliphatic rings. The highest BCUT2D eigenvalue weighted by Crippen LogP contribution is 2.13. The van der Waals surface area contributed by atoms with Gasteiger partial charge in [0.1, 0.15) is 12.1 Å². The third kappa shape index (κ3) is 2.96. The third-order valence-corrected chi connectivity index (χ3v) is 2.56. The van der Waals surface area contributed by atoms with Crippen molar-refractivity contribution >= 4 is 5.97 Å². The lowest BCUT2D eigenvalue weighted by atomic mass is 10.1. The summed E-state index contributed by atoms with van der Waals surface area (Å²) in [6.07, 6.45) is 2.16. The smallest absolute Gasteiger partial charge is 0.325 e. The summed E-state index contributed by atoms with van der Waals surface area (Å²) in [5, 5.41) is 2.90. The van der Waals surface area contributed by atoms with E-state index in [0.29, 0.717) is 6.61 Å². The molecule has 0 saturated carbocycles. The summed E-state index contributed by atoms with van der Waals surface area (Å²) in [5.74, 6) is -0.226. The van der Waals surface area contributed by atoms with E-state index in [1.807, 2.05) is 0 Å². The molecule has 4 heteroatoms. The fourth-order valence-corrected chi connectivity index (χ4v) is 1.23. The van der Waals surface area contributed by atoms with Gasteiger partial charge in [-0.05, 0) is 33.7 Å². The highest BCUT2D eigenvalue weighted by atomic mass is 16.6. The van der Waals surface area contributed by atoms with Crippen molar-refractivity contribution in [3.63, 3.8) is 0 Å². The Balaban J connectivity index is 2.26. The molecule has 0 radical (unpaired) electrons. The number of rotatable bonds is 4. The first-order valence-corrected chi connectivity index (χ1v) is 5.04. The molecule has 0 aromatic heterocycles. The molecule has 0 amide bonds. The minimum Gasteiger partial charge on any atom is -0.462 e. The molecule has 0 spiro atoms. The Morgan fingerprint density at radius 1 is 1.64 bits per heavy atom. The number of esters is 1. The van der Waals surface area contributed by atoms with Crippen molar-refractivity contribution in [2.45, 2.75) is 38.3 Å². The lowest BCUT2D eigenvalue weighted by molar-refractivity contribution is -0.153. The van der Waals surface area contributed by atoms with Crippen molar-refractivity contribution in [2.24, 2.45) is 0 Å². The van der Waals surface area contributed by atoms with E-state index in [9.17, 15) is 4.79 Å². The van der Waals surface area contributed by atoms with Gasteiger partial charge in [0.25, 0.3) is 0 Å². The SMILES string of the molecule is CNC(C)(C)C(=O)OCC1CCCO1. The molecule has 1 rings (SSSR count). The van der Waals surface area contributed by atoms with Crippen molar-refractivity contribution in [2.75, 3.05) is 20.3 Å². The second kappa shape index (κ2) is 4.75. The zero-order valence-corrected chi connectivity index (χ0v) is 9.13. The molecule has 0 aliphatic carbocycles. The van der Waals surface area contributed by atoms with Crippen molar-refractivity contribution in [1.82, 2.24) is 5.32 Å². The van der Waals surface area contributed by atoms with E-state index in [1.165, 1.54) is 0 Å². The molecule has 0 aromatic rings. The summed E-state index contributed by atoms with van der Waals surface area (Å²) >= 11 is 0. The van der Waals surface area contributed by atoms with E-state index >= 15 is 0 Å². The number of hydrogen-bond donors (Lipinski definition) is 1. The molecule has 1 saturated heterocycles. The van der Waals surface area contributed by atoms with Crippen LogP contribution < -0.4 is 5.32 Å². The van der Waals surface area contributed by atoms with Gasteiger partial charge >= 0.3 is 5.97 Å². The number of hydrogen-bond acceptors (Lipinski definition) is 4. The van der Waals surface area contributed by atoms with Gasteiger partial charge in [0.15, 0.2) is 0 Å². The number of ether oxygens (including phenoxy) is 2. The molecular formula is C10H19NO3. The number of likely N-dealkylation sites (N-methyl/N-ethyl adjacent to an activating group) is 1. The molecular weight excluding hydrogens is 182 g/mol. The van der Waals surface area contributed by atoms with Gasteiger partial charge in [-0.25, -0.2) is 0 Å². The van der Waals surface area contributed by atoms with Crippen LogP contribution in [0, 0.1) is 0 Å². The fourth-order valence-electron chi connectivity index (χ4n) is 1.23. The molecule has 1 heterocycles. The number of carbonyl (C=O) groups is 1. The first-order valence-electron chi connectivity index (χ1n) is 5.04. The molecule has 0 bridgehead atoms. The van der Waals surface area contributed by atoms with Crippen LogP contribution in [0.5, 0.6) is 0 Å². The Morgan fingerprint density at radius 3 is 2.86 bits per heavy atom. The Labute approximate surface area is 85.0 Å². The quantitative estimate of drug-likeness (QED) is 0.680. The van der Waals surface area contributed by atoms with E-state index < -0.39 is 5.54 Å². The predicted octanol–water partition coefficient (Wildman–Crippen LogP) is 0.707. The summed E-state index contributed by atoms with van der Waals surface area (Å²) < 4.78 is 10.5. The molecule has 14 heavy (non-hydrogen) atoms. The topological polar surface area (TPSA) is 47.6 Å². The zero-order chi connectivity index (χ0) is 10.6. The van der Waals surface area contributed by atoms with E-state index in [1.54, 1.807) is 20.9 Å². The molecule has 0 aromatic carbocycles. The van der Waals surface area contributed by atoms with Crippen LogP contribution in [0.1, 0.15) is 26.7 Å². The van der Waals surface area contributed by atoms with E-state index in [4.69, 9.17) is 9.47 Å². The van der Waals surface area contributed by atoms with Crippen LogP contribution in [-0.2, 0) is 14.3 Å². The largest absolute Gasteiger partial charge is 0.462 e. The second-order valence-corrected chi connectivity index (χ2v) is 4.11. The van der Waals surface area contributed by atoms with Gasteiger partial charge in [-0.3, -0.25) is 4.79 Å². The molecule has 1 atom stereocenters. The van der Waals surface area contributed by atoms with Crippen LogP contribution in [-0.4, -0.2) is 37.9 Å². The van der Waals surface area contributed by atoms with Crippen molar-refractivity contribution < 1.29 is 14.3 Å². The minimum absolute atomic E-state index is 0.103. The molecule has 1 aliphatic heterocycles. The summed E-state index contributed by atoms with van der Waals surface area (Å²) in [4.78, 5) is 11.5. The van der Waals surface area contributed by atoms with Gasteiger partial charge in [0.2, 0.25) is 0 Å². The highest BCUT2D eigenvalue weighted by Gasteiger charge is 2.28. The van der Waals surface area contributed by atoms with Crippen LogP contribution in [0.15, 0.2) is 0 Å². The maximum absolute atomic E-state index is 11.5. The Bertz CT molecular complexity index is 198. The highest BCUT2D eigenvalue weighted by molar-refractivity contribution is 5.79. The van der Waals surface area contributed by atoms with E-state index in [0.717, 1.165) is 19.4 Å². The lowest BCUT2D eigenvalue weighted by Crippen LogP contribution is -2.46. The summed E-state index contributed by atoms with van der Waals surface area (Å²) in [6.45, 7) is 4.76. The first kappa shape index (κ1) is 11.5. The second-order valence-electron chi connectivity index (χ2n) is 4.11. The Hall–Kier alpha value is -0.610. The van der Waals surface area contributed by atoms with E-state index in [-0.39, 0.29) is 12.1 Å². The standard InChI is InChI=1S/C10H19NO3/c1-10(2,11-3)9(12)14-7-8-5-4-6-13-8/h8,11H,4-7H2,1-3H3. The van der Waals surface area contributed by atoms with Crippen molar-refractivity contribution in [3.8, 4) is 0 Å². The fraction of sp³-hybridized carbons (Fsp3) is 0.900. The molecule has 4 nitrogen and oxygen atoms in total. The summed E-state index contributed by atoms with van der Waals surface area (Å²) in [7, 11) is 1.74. The zero-order valence-electron chi connectivity index (χ0n) is 9.13. The van der Waals surface area contributed by atoms with Crippen LogP contribution in [0.2, 0.25) is 0 Å². The molecule has 1 unspecified atom stereocenters. The lowest BCUT2D eigenvalue weighted by Gasteiger charge is -2.22. The molecule has 1 N–H and O–H groups in total. The normalized spacial score (nSPS) is 22.4. The average molecular weight is 201 g/mol. The summed E-state index contributed by atoms with van der Waals surface area (Å²) in [6, 6.07) is 0. The first-order chi connectivity index (χ1) is 6.56. The van der Waals surface area contributed by atoms with Gasteiger partial charge in [-0.15, -0.1) is 0 Å². The molecule has 1 fully saturated rings. The van der Waals surface area contributed by atoms with Gasteiger partial charge in [-0.1, -0.05) is 0 Å². The Kier molecular flexibility index (Phi) is 3.89. The van der Waals surface area contributed by atoms with Gasteiger partial charge in [-0.2, -0.15) is 0 Å². The average Bonchev–Trinajstić information content (AvgIpc) is 2.66. The van der Waals surface area contributed by atoms with Gasteiger partial charge in [0.05, 0.1) is 6.10 Å². The van der Waals surface area contributed by atoms with E-state index in [2.05, 4.69) is 5.32 Å². The molecule has 82 valence electrons. The monoisotopic (exact) mass is 201 g/mol. The minimum atomic E-state index is -0.612. The van der Waals surface area contributed by atoms with Crippen LogP contribution in [0.4, 0.5) is 0 Å². The maximum Gasteiger partial charge on any atom is 0.325 e. The van der Waals surface area contributed by atoms with Crippen molar-refractivity contribution in [3.05, 3.63) is 0 Å². The predicted molar refractivity (Wildman–Crippen MR) is 53.1 cm³/mol. The van der Waals surface area contributed by atoms with Gasteiger partial charge in [0, 0.05) is 6.61 Å². The Morgan fingerprint density at radius 2 is 2.36 bits per heavy atom. The summed E-state index contributed by atoms with van der Waals surface area (Å²) in [5.41, 5.74) is -0.612.